The summed E-state index contributed by atoms with van der Waals surface area (Å²) in [7, 11) is 1.41. The molecule has 1 aromatic heterocycles. The molecule has 2 rings (SSSR count). The van der Waals surface area contributed by atoms with Crippen molar-refractivity contribution in [3.63, 3.8) is 0 Å². The Hall–Kier alpha value is -1.62. The molecule has 5 heteroatoms. The highest BCUT2D eigenvalue weighted by atomic mass is 79.9. The molecule has 0 N–H and O–H groups in total. The van der Waals surface area contributed by atoms with E-state index in [2.05, 4.69) is 15.9 Å². The summed E-state index contributed by atoms with van der Waals surface area (Å²) in [5.74, 6) is -0.238. The van der Waals surface area contributed by atoms with Gasteiger partial charge >= 0.3 is 0 Å². The SMILES string of the molecule is COc1ccc(Cn2cccc(Br)c2=O)cc1F. The lowest BCUT2D eigenvalue weighted by Crippen LogP contribution is -2.20. The molecule has 0 saturated heterocycles. The predicted molar refractivity (Wildman–Crippen MR) is 70.5 cm³/mol. The summed E-state index contributed by atoms with van der Waals surface area (Å²) in [6.45, 7) is 0.319. The van der Waals surface area contributed by atoms with Crippen LogP contribution in [0, 0.1) is 5.82 Å². The summed E-state index contributed by atoms with van der Waals surface area (Å²) in [5.41, 5.74) is 0.558. The molecule has 0 fully saturated rings. The summed E-state index contributed by atoms with van der Waals surface area (Å²) in [6.07, 6.45) is 1.66. The average molecular weight is 312 g/mol. The van der Waals surface area contributed by atoms with Crippen molar-refractivity contribution >= 4 is 15.9 Å². The molecule has 0 atom stereocenters. The Kier molecular flexibility index (Phi) is 3.81. The molecule has 0 aliphatic heterocycles. The lowest BCUT2D eigenvalue weighted by molar-refractivity contribution is 0.386. The lowest BCUT2D eigenvalue weighted by Gasteiger charge is -2.08. The second kappa shape index (κ2) is 5.35. The molecular formula is C13H11BrFNO2. The van der Waals surface area contributed by atoms with E-state index in [0.29, 0.717) is 16.6 Å². The molecule has 0 aliphatic rings. The maximum absolute atomic E-state index is 13.5. The van der Waals surface area contributed by atoms with Gasteiger partial charge in [0.15, 0.2) is 11.6 Å². The second-order valence-electron chi connectivity index (χ2n) is 3.76. The van der Waals surface area contributed by atoms with Crippen LogP contribution in [0.1, 0.15) is 5.56 Å². The second-order valence-corrected chi connectivity index (χ2v) is 4.61. The number of ether oxygens (including phenoxy) is 1. The topological polar surface area (TPSA) is 31.2 Å². The minimum atomic E-state index is -0.432. The molecule has 3 nitrogen and oxygen atoms in total. The number of rotatable bonds is 3. The Bertz CT molecular complexity index is 625. The Balaban J connectivity index is 2.32. The van der Waals surface area contributed by atoms with E-state index in [9.17, 15) is 9.18 Å². The zero-order valence-electron chi connectivity index (χ0n) is 9.69. The molecule has 2 aromatic rings. The number of halogens is 2. The van der Waals surface area contributed by atoms with Crippen molar-refractivity contribution in [3.8, 4) is 5.75 Å². The zero-order chi connectivity index (χ0) is 13.1. The van der Waals surface area contributed by atoms with Crippen molar-refractivity contribution in [2.75, 3.05) is 7.11 Å². The van der Waals surface area contributed by atoms with Crippen molar-refractivity contribution in [1.29, 1.82) is 0 Å². The first-order valence-electron chi connectivity index (χ1n) is 5.29. The van der Waals surface area contributed by atoms with Crippen LogP contribution in [0.4, 0.5) is 4.39 Å². The minimum absolute atomic E-state index is 0.145. The van der Waals surface area contributed by atoms with E-state index in [1.54, 1.807) is 30.5 Å². The summed E-state index contributed by atoms with van der Waals surface area (Å²) >= 11 is 3.17. The third kappa shape index (κ3) is 2.61. The molecule has 18 heavy (non-hydrogen) atoms. The highest BCUT2D eigenvalue weighted by Gasteiger charge is 2.05. The fraction of sp³-hybridized carbons (Fsp3) is 0.154. The first kappa shape index (κ1) is 12.8. The Morgan fingerprint density at radius 2 is 2.17 bits per heavy atom. The summed E-state index contributed by atoms with van der Waals surface area (Å²) in [6, 6.07) is 8.08. The van der Waals surface area contributed by atoms with Crippen LogP contribution in [0.3, 0.4) is 0 Å². The van der Waals surface area contributed by atoms with Gasteiger partial charge in [-0.05, 0) is 45.8 Å². The molecule has 0 spiro atoms. The van der Waals surface area contributed by atoms with Crippen LogP contribution in [0.5, 0.6) is 5.75 Å². The monoisotopic (exact) mass is 311 g/mol. The number of benzene rings is 1. The molecule has 1 aromatic carbocycles. The van der Waals surface area contributed by atoms with Crippen LogP contribution in [0.2, 0.25) is 0 Å². The van der Waals surface area contributed by atoms with Crippen LogP contribution in [-0.4, -0.2) is 11.7 Å². The fourth-order valence-corrected chi connectivity index (χ4v) is 2.02. The maximum atomic E-state index is 13.5. The van der Waals surface area contributed by atoms with Crippen molar-refractivity contribution in [2.24, 2.45) is 0 Å². The Morgan fingerprint density at radius 1 is 1.39 bits per heavy atom. The number of aromatic nitrogens is 1. The molecule has 0 amide bonds. The molecule has 94 valence electrons. The van der Waals surface area contributed by atoms with Gasteiger partial charge in [0.25, 0.3) is 5.56 Å². The van der Waals surface area contributed by atoms with Crippen LogP contribution in [0.25, 0.3) is 0 Å². The molecule has 0 bridgehead atoms. The maximum Gasteiger partial charge on any atom is 0.265 e. The number of pyridine rings is 1. The molecular weight excluding hydrogens is 301 g/mol. The smallest absolute Gasteiger partial charge is 0.265 e. The van der Waals surface area contributed by atoms with E-state index in [1.165, 1.54) is 17.7 Å². The van der Waals surface area contributed by atoms with Gasteiger partial charge in [0, 0.05) is 6.20 Å². The van der Waals surface area contributed by atoms with Crippen molar-refractivity contribution in [2.45, 2.75) is 6.54 Å². The van der Waals surface area contributed by atoms with Crippen molar-refractivity contribution < 1.29 is 9.13 Å². The third-order valence-corrected chi connectivity index (χ3v) is 3.15. The molecule has 0 aliphatic carbocycles. The van der Waals surface area contributed by atoms with Gasteiger partial charge in [0.05, 0.1) is 18.1 Å². The highest BCUT2D eigenvalue weighted by molar-refractivity contribution is 9.10. The van der Waals surface area contributed by atoms with E-state index in [4.69, 9.17) is 4.74 Å². The van der Waals surface area contributed by atoms with Gasteiger partial charge < -0.3 is 9.30 Å². The number of methoxy groups -OCH3 is 1. The van der Waals surface area contributed by atoms with Gasteiger partial charge in [-0.1, -0.05) is 6.07 Å². The van der Waals surface area contributed by atoms with Crippen molar-refractivity contribution in [3.05, 3.63) is 62.7 Å². The summed E-state index contributed by atoms with van der Waals surface area (Å²) < 4.78 is 20.3. The van der Waals surface area contributed by atoms with Crippen LogP contribution >= 0.6 is 15.9 Å². The molecule has 1 heterocycles. The van der Waals surface area contributed by atoms with Gasteiger partial charge in [-0.25, -0.2) is 4.39 Å². The van der Waals surface area contributed by atoms with Gasteiger partial charge in [0.2, 0.25) is 0 Å². The first-order chi connectivity index (χ1) is 8.61. The van der Waals surface area contributed by atoms with Gasteiger partial charge in [-0.2, -0.15) is 0 Å². The predicted octanol–water partition coefficient (Wildman–Crippen LogP) is 2.81. The average Bonchev–Trinajstić information content (AvgIpc) is 2.35. The first-order valence-corrected chi connectivity index (χ1v) is 6.08. The summed E-state index contributed by atoms with van der Waals surface area (Å²) in [5, 5.41) is 0. The van der Waals surface area contributed by atoms with E-state index in [1.807, 2.05) is 0 Å². The third-order valence-electron chi connectivity index (χ3n) is 2.54. The highest BCUT2D eigenvalue weighted by Crippen LogP contribution is 2.18. The summed E-state index contributed by atoms with van der Waals surface area (Å²) in [4.78, 5) is 11.8. The Morgan fingerprint density at radius 3 is 2.83 bits per heavy atom. The number of hydrogen-bond donors (Lipinski definition) is 0. The quantitative estimate of drug-likeness (QED) is 0.873. The fourth-order valence-electron chi connectivity index (χ4n) is 1.64. The van der Waals surface area contributed by atoms with E-state index in [-0.39, 0.29) is 11.3 Å². The normalized spacial score (nSPS) is 10.4. The van der Waals surface area contributed by atoms with Crippen LogP contribution in [-0.2, 0) is 6.54 Å². The van der Waals surface area contributed by atoms with E-state index >= 15 is 0 Å². The number of hydrogen-bond acceptors (Lipinski definition) is 2. The standard InChI is InChI=1S/C13H11BrFNO2/c1-18-12-5-4-9(7-11(12)15)8-16-6-2-3-10(14)13(16)17/h2-7H,8H2,1H3. The van der Waals surface area contributed by atoms with Crippen molar-refractivity contribution in [1.82, 2.24) is 4.57 Å². The van der Waals surface area contributed by atoms with Gasteiger partial charge in [-0.3, -0.25) is 4.79 Å². The molecule has 0 radical (unpaired) electrons. The van der Waals surface area contributed by atoms with Crippen LogP contribution < -0.4 is 10.3 Å². The molecule has 0 unspecified atom stereocenters. The minimum Gasteiger partial charge on any atom is -0.494 e. The zero-order valence-corrected chi connectivity index (χ0v) is 11.3. The van der Waals surface area contributed by atoms with Gasteiger partial charge in [0.1, 0.15) is 0 Å². The van der Waals surface area contributed by atoms with E-state index < -0.39 is 5.82 Å². The number of nitrogens with zero attached hydrogens (tertiary/aromatic N) is 1. The largest absolute Gasteiger partial charge is 0.494 e. The lowest BCUT2D eigenvalue weighted by atomic mass is 10.2. The van der Waals surface area contributed by atoms with E-state index in [0.717, 1.165) is 0 Å². The van der Waals surface area contributed by atoms with Crippen LogP contribution in [0.15, 0.2) is 45.8 Å². The molecule has 0 saturated carbocycles. The van der Waals surface area contributed by atoms with Gasteiger partial charge in [-0.15, -0.1) is 0 Å². The Labute approximate surface area is 112 Å².